The first-order chi connectivity index (χ1) is 6.99. The number of rotatable bonds is 3. The van der Waals surface area contributed by atoms with Crippen LogP contribution in [0.15, 0.2) is 16.6 Å². The highest BCUT2D eigenvalue weighted by molar-refractivity contribution is 9.10. The third-order valence-corrected chi connectivity index (χ3v) is 2.45. The van der Waals surface area contributed by atoms with Crippen molar-refractivity contribution in [1.29, 1.82) is 0 Å². The van der Waals surface area contributed by atoms with E-state index >= 15 is 0 Å². The smallest absolute Gasteiger partial charge is 0.266 e. The number of hydrogen-bond acceptors (Lipinski definition) is 3. The van der Waals surface area contributed by atoms with Crippen molar-refractivity contribution >= 4 is 15.9 Å². The zero-order chi connectivity index (χ0) is 11.6. The van der Waals surface area contributed by atoms with E-state index in [1.165, 1.54) is 0 Å². The maximum Gasteiger partial charge on any atom is 0.266 e. The lowest BCUT2D eigenvalue weighted by Crippen LogP contribution is -2.18. The van der Waals surface area contributed by atoms with E-state index in [4.69, 9.17) is 5.11 Å². The van der Waals surface area contributed by atoms with Gasteiger partial charge in [0.15, 0.2) is 0 Å². The van der Waals surface area contributed by atoms with Crippen molar-refractivity contribution < 1.29 is 18.8 Å². The predicted octanol–water partition coefficient (Wildman–Crippen LogP) is 2.04. The Labute approximate surface area is 91.8 Å². The molecule has 0 aliphatic carbocycles. The molecular formula is C8H6BrF2NO3. The van der Waals surface area contributed by atoms with Crippen molar-refractivity contribution in [2.75, 3.05) is 6.61 Å². The van der Waals surface area contributed by atoms with Gasteiger partial charge in [-0.15, -0.1) is 0 Å². The van der Waals surface area contributed by atoms with Crippen molar-refractivity contribution in [2.24, 2.45) is 0 Å². The summed E-state index contributed by atoms with van der Waals surface area (Å²) >= 11 is 2.78. The normalized spacial score (nSPS) is 12.5. The number of nitrogens with zero attached hydrogens (tertiary/aromatic N) is 1. The molecule has 0 saturated heterocycles. The lowest BCUT2D eigenvalue weighted by Gasteiger charge is -2.09. The number of nitro groups is 1. The minimum Gasteiger partial charge on any atom is -0.389 e. The number of hydrogen-bond donors (Lipinski definition) is 1. The summed E-state index contributed by atoms with van der Waals surface area (Å²) in [5.41, 5.74) is -0.739. The Balaban J connectivity index is 3.34. The highest BCUT2D eigenvalue weighted by Crippen LogP contribution is 2.27. The third-order valence-electron chi connectivity index (χ3n) is 1.84. The minimum absolute atomic E-state index is 0.0841. The molecule has 0 aliphatic rings. The van der Waals surface area contributed by atoms with Crippen molar-refractivity contribution in [3.8, 4) is 0 Å². The van der Waals surface area contributed by atoms with E-state index in [9.17, 15) is 18.9 Å². The molecule has 1 atom stereocenters. The largest absolute Gasteiger partial charge is 0.389 e. The second kappa shape index (κ2) is 4.63. The van der Waals surface area contributed by atoms with Gasteiger partial charge in [-0.1, -0.05) is 0 Å². The van der Waals surface area contributed by atoms with E-state index in [0.29, 0.717) is 0 Å². The van der Waals surface area contributed by atoms with Gasteiger partial charge in [0.2, 0.25) is 0 Å². The van der Waals surface area contributed by atoms with Crippen LogP contribution in [-0.4, -0.2) is 16.6 Å². The van der Waals surface area contributed by atoms with Gasteiger partial charge in [0.25, 0.3) is 6.04 Å². The SMILES string of the molecule is O=[N+]([O-])[C@H](CO)c1c(F)ccc(Br)c1F. The fraction of sp³-hybridized carbons (Fsp3) is 0.250. The average molecular weight is 282 g/mol. The van der Waals surface area contributed by atoms with Crippen LogP contribution < -0.4 is 0 Å². The topological polar surface area (TPSA) is 63.4 Å². The van der Waals surface area contributed by atoms with Crippen LogP contribution >= 0.6 is 15.9 Å². The van der Waals surface area contributed by atoms with Gasteiger partial charge < -0.3 is 5.11 Å². The molecule has 82 valence electrons. The van der Waals surface area contributed by atoms with E-state index in [2.05, 4.69) is 15.9 Å². The summed E-state index contributed by atoms with van der Waals surface area (Å²) in [5, 5.41) is 19.1. The number of benzene rings is 1. The number of aliphatic hydroxyl groups excluding tert-OH is 1. The van der Waals surface area contributed by atoms with Crippen molar-refractivity contribution in [1.82, 2.24) is 0 Å². The molecule has 0 amide bonds. The number of aliphatic hydroxyl groups is 1. The zero-order valence-electron chi connectivity index (χ0n) is 7.28. The van der Waals surface area contributed by atoms with Crippen LogP contribution in [0.4, 0.5) is 8.78 Å². The van der Waals surface area contributed by atoms with Gasteiger partial charge in [0.05, 0.1) is 4.47 Å². The molecule has 0 spiro atoms. The maximum absolute atomic E-state index is 13.4. The van der Waals surface area contributed by atoms with E-state index in [1.54, 1.807) is 0 Å². The molecule has 7 heteroatoms. The molecule has 0 aliphatic heterocycles. The van der Waals surface area contributed by atoms with Crippen LogP contribution in [0.1, 0.15) is 11.6 Å². The molecule has 15 heavy (non-hydrogen) atoms. The molecule has 0 bridgehead atoms. The van der Waals surface area contributed by atoms with Gasteiger partial charge >= 0.3 is 0 Å². The molecule has 0 heterocycles. The summed E-state index contributed by atoms with van der Waals surface area (Å²) < 4.78 is 26.4. The number of halogens is 3. The standard InChI is InChI=1S/C8H6BrF2NO3/c9-4-1-2-5(10)7(8(4)11)6(3-13)12(14)15/h1-2,6,13H,3H2/t6-/m1/s1. The Morgan fingerprint density at radius 3 is 2.60 bits per heavy atom. The zero-order valence-corrected chi connectivity index (χ0v) is 8.87. The summed E-state index contributed by atoms with van der Waals surface area (Å²) in [6.45, 7) is -0.961. The molecule has 0 fully saturated rings. The van der Waals surface area contributed by atoms with E-state index in [0.717, 1.165) is 12.1 Å². The molecule has 1 aromatic carbocycles. The molecule has 1 N–H and O–H groups in total. The fourth-order valence-corrected chi connectivity index (χ4v) is 1.46. The second-order valence-corrected chi connectivity index (χ2v) is 3.59. The quantitative estimate of drug-likeness (QED) is 0.524. The van der Waals surface area contributed by atoms with E-state index in [-0.39, 0.29) is 4.47 Å². The van der Waals surface area contributed by atoms with Crippen LogP contribution in [0.2, 0.25) is 0 Å². The summed E-state index contributed by atoms with van der Waals surface area (Å²) in [4.78, 5) is 9.51. The van der Waals surface area contributed by atoms with Crippen LogP contribution in [0.5, 0.6) is 0 Å². The van der Waals surface area contributed by atoms with Gasteiger partial charge in [-0.05, 0) is 28.1 Å². The lowest BCUT2D eigenvalue weighted by molar-refractivity contribution is -0.533. The molecular weight excluding hydrogens is 276 g/mol. The Bertz CT molecular complexity index is 400. The van der Waals surface area contributed by atoms with Crippen molar-refractivity contribution in [2.45, 2.75) is 6.04 Å². The Morgan fingerprint density at radius 2 is 2.13 bits per heavy atom. The van der Waals surface area contributed by atoms with Crippen LogP contribution in [0.25, 0.3) is 0 Å². The Kier molecular flexibility index (Phi) is 3.70. The molecule has 0 saturated carbocycles. The van der Waals surface area contributed by atoms with Gasteiger partial charge in [-0.2, -0.15) is 0 Å². The second-order valence-electron chi connectivity index (χ2n) is 2.74. The first kappa shape index (κ1) is 12.0. The first-order valence-corrected chi connectivity index (χ1v) is 4.66. The molecule has 4 nitrogen and oxygen atoms in total. The minimum atomic E-state index is -1.79. The predicted molar refractivity (Wildman–Crippen MR) is 50.9 cm³/mol. The third kappa shape index (κ3) is 2.29. The monoisotopic (exact) mass is 281 g/mol. The lowest BCUT2D eigenvalue weighted by atomic mass is 10.1. The summed E-state index contributed by atoms with van der Waals surface area (Å²) in [6, 6.07) is 0.208. The summed E-state index contributed by atoms with van der Waals surface area (Å²) in [7, 11) is 0. The summed E-state index contributed by atoms with van der Waals surface area (Å²) in [5.74, 6) is -2.11. The van der Waals surface area contributed by atoms with Crippen LogP contribution in [0.3, 0.4) is 0 Å². The van der Waals surface area contributed by atoms with E-state index in [1.807, 2.05) is 0 Å². The fourth-order valence-electron chi connectivity index (χ4n) is 1.11. The molecule has 0 radical (unpaired) electrons. The van der Waals surface area contributed by atoms with Crippen LogP contribution in [0, 0.1) is 21.7 Å². The highest BCUT2D eigenvalue weighted by Gasteiger charge is 2.30. The van der Waals surface area contributed by atoms with Crippen molar-refractivity contribution in [3.63, 3.8) is 0 Å². The first-order valence-electron chi connectivity index (χ1n) is 3.86. The molecule has 0 aromatic heterocycles. The Morgan fingerprint density at radius 1 is 1.53 bits per heavy atom. The average Bonchev–Trinajstić information content (AvgIpc) is 2.18. The maximum atomic E-state index is 13.4. The van der Waals surface area contributed by atoms with E-state index < -0.39 is 34.8 Å². The molecule has 1 rings (SSSR count). The van der Waals surface area contributed by atoms with Crippen molar-refractivity contribution in [3.05, 3.63) is 43.9 Å². The van der Waals surface area contributed by atoms with Gasteiger partial charge in [0, 0.05) is 4.92 Å². The Hall–Kier alpha value is -1.08. The molecule has 1 aromatic rings. The molecule has 0 unspecified atom stereocenters. The van der Waals surface area contributed by atoms with Gasteiger partial charge in [-0.3, -0.25) is 10.1 Å². The van der Waals surface area contributed by atoms with Gasteiger partial charge in [-0.25, -0.2) is 8.78 Å². The van der Waals surface area contributed by atoms with Gasteiger partial charge in [0.1, 0.15) is 23.8 Å². The van der Waals surface area contributed by atoms with Crippen LogP contribution in [-0.2, 0) is 0 Å². The highest BCUT2D eigenvalue weighted by atomic mass is 79.9. The summed E-state index contributed by atoms with van der Waals surface area (Å²) in [6.07, 6.45) is 0.